The van der Waals surface area contributed by atoms with Crippen molar-refractivity contribution in [3.8, 4) is 0 Å². The molecule has 2 N–H and O–H groups in total. The molecule has 1 aromatic rings. The van der Waals surface area contributed by atoms with Gasteiger partial charge in [-0.1, -0.05) is 18.6 Å². The van der Waals surface area contributed by atoms with Gasteiger partial charge in [-0.15, -0.1) is 12.4 Å². The molecule has 1 aliphatic carbocycles. The summed E-state index contributed by atoms with van der Waals surface area (Å²) in [6.45, 7) is -1.13. The van der Waals surface area contributed by atoms with Gasteiger partial charge in [-0.3, -0.25) is 4.79 Å². The number of halogens is 1. The number of nitrogens with zero attached hydrogens (tertiary/aromatic N) is 1. The molecule has 3 atom stereocenters. The molecule has 1 heterocycles. The molecule has 2 fully saturated rings. The number of carbonyl (C=O) groups is 1. The molecule has 1 aliphatic heterocycles. The van der Waals surface area contributed by atoms with Crippen molar-refractivity contribution in [1.82, 2.24) is 4.90 Å². The lowest BCUT2D eigenvalue weighted by Gasteiger charge is -2.54. The van der Waals surface area contributed by atoms with E-state index >= 15 is 0 Å². The Morgan fingerprint density at radius 2 is 2.09 bits per heavy atom. The Hall–Kier alpha value is -1.10. The summed E-state index contributed by atoms with van der Waals surface area (Å²) in [6, 6.07) is 7.29. The van der Waals surface area contributed by atoms with Gasteiger partial charge in [0.05, 0.1) is 0 Å². The van der Waals surface area contributed by atoms with Gasteiger partial charge in [-0.05, 0) is 37.5 Å². The van der Waals surface area contributed by atoms with Crippen LogP contribution in [0.25, 0.3) is 0 Å². The van der Waals surface area contributed by atoms with E-state index in [0.717, 1.165) is 24.8 Å². The fraction of sp³-hybridized carbons (Fsp3) is 0.588. The molecule has 122 valence electrons. The first-order chi connectivity index (χ1) is 11.3. The van der Waals surface area contributed by atoms with Crippen molar-refractivity contribution in [3.63, 3.8) is 0 Å². The zero-order chi connectivity index (χ0) is 17.5. The third-order valence-electron chi connectivity index (χ3n) is 5.14. The molecule has 1 saturated heterocycles. The second-order valence-corrected chi connectivity index (χ2v) is 6.17. The number of methoxy groups -OCH3 is 1. The lowest BCUT2D eigenvalue weighted by molar-refractivity contribution is -0.165. The van der Waals surface area contributed by atoms with E-state index in [1.165, 1.54) is 0 Å². The molecule has 3 rings (SSSR count). The maximum Gasteiger partial charge on any atom is 0.248 e. The van der Waals surface area contributed by atoms with Gasteiger partial charge < -0.3 is 15.4 Å². The second-order valence-electron chi connectivity index (χ2n) is 6.17. The van der Waals surface area contributed by atoms with E-state index < -0.39 is 18.5 Å². The third-order valence-corrected chi connectivity index (χ3v) is 5.14. The van der Waals surface area contributed by atoms with E-state index in [4.69, 9.17) is 14.6 Å². The van der Waals surface area contributed by atoms with Crippen LogP contribution in [0.4, 0.5) is 0 Å². The van der Waals surface area contributed by atoms with Crippen LogP contribution >= 0.6 is 12.4 Å². The number of fused-ring (bicyclic) bond motifs is 2. The van der Waals surface area contributed by atoms with Crippen molar-refractivity contribution < 1.29 is 13.6 Å². The molecular weight excluding hydrogens is 300 g/mol. The lowest BCUT2D eigenvalue weighted by atomic mass is 9.62. The van der Waals surface area contributed by atoms with Crippen molar-refractivity contribution in [2.24, 2.45) is 17.6 Å². The maximum atomic E-state index is 11.6. The van der Waals surface area contributed by atoms with Crippen LogP contribution in [-0.2, 0) is 10.3 Å². The van der Waals surface area contributed by atoms with Gasteiger partial charge in [-0.25, -0.2) is 0 Å². The fourth-order valence-corrected chi connectivity index (χ4v) is 4.27. The number of benzene rings is 1. The summed E-state index contributed by atoms with van der Waals surface area (Å²) >= 11 is 0. The molecule has 0 spiro atoms. The minimum atomic E-state index is -2.08. The minimum Gasteiger partial charge on any atom is -0.373 e. The highest BCUT2D eigenvalue weighted by molar-refractivity contribution is 5.92. The summed E-state index contributed by atoms with van der Waals surface area (Å²) in [5.41, 5.74) is 6.27. The smallest absolute Gasteiger partial charge is 0.248 e. The SMILES string of the molecule is Cl.[2H]C([2H])([2H])N1C[C@H]2CCC[C@@H](C1)[C@]2(OC)c1cccc(C(N)=O)c1. The Labute approximate surface area is 142 Å². The Morgan fingerprint density at radius 1 is 1.41 bits per heavy atom. The largest absolute Gasteiger partial charge is 0.373 e. The molecule has 5 heteroatoms. The molecular formula is C17H25ClN2O2. The first kappa shape index (κ1) is 13.3. The van der Waals surface area contributed by atoms with Crippen molar-refractivity contribution in [2.75, 3.05) is 27.2 Å². The topological polar surface area (TPSA) is 55.6 Å². The highest BCUT2D eigenvalue weighted by atomic mass is 35.5. The monoisotopic (exact) mass is 327 g/mol. The molecule has 1 amide bonds. The maximum absolute atomic E-state index is 11.6. The summed E-state index contributed by atoms with van der Waals surface area (Å²) in [7, 11) is 1.69. The molecule has 1 saturated carbocycles. The standard InChI is InChI=1S/C17H24N2O2.ClH/c1-19-10-14-7-4-8-15(11-19)17(14,21-2)13-6-3-5-12(9-13)16(18)20;/h3,5-6,9,14-15H,4,7-8,10-11H2,1-2H3,(H2,18,20);1H/t14-,15+,17+;/i1D3;. The van der Waals surface area contributed by atoms with E-state index in [9.17, 15) is 4.79 Å². The Kier molecular flexibility index (Phi) is 3.98. The first-order valence-electron chi connectivity index (χ1n) is 8.99. The number of rotatable bonds is 3. The number of amides is 1. The van der Waals surface area contributed by atoms with Crippen LogP contribution in [0.2, 0.25) is 0 Å². The number of piperidine rings is 1. The van der Waals surface area contributed by atoms with Gasteiger partial charge in [0.1, 0.15) is 5.60 Å². The van der Waals surface area contributed by atoms with Crippen LogP contribution in [0, 0.1) is 11.8 Å². The summed E-state index contributed by atoms with van der Waals surface area (Å²) in [6.07, 6.45) is 2.90. The van der Waals surface area contributed by atoms with Gasteiger partial charge in [0.15, 0.2) is 0 Å². The number of primary amides is 1. The van der Waals surface area contributed by atoms with Crippen molar-refractivity contribution in [2.45, 2.75) is 24.9 Å². The number of hydrogen-bond donors (Lipinski definition) is 1. The quantitative estimate of drug-likeness (QED) is 0.927. The first-order valence-corrected chi connectivity index (χ1v) is 7.49. The molecule has 0 radical (unpaired) electrons. The molecule has 2 bridgehead atoms. The summed E-state index contributed by atoms with van der Waals surface area (Å²) in [4.78, 5) is 13.2. The summed E-state index contributed by atoms with van der Waals surface area (Å²) < 4.78 is 29.3. The van der Waals surface area contributed by atoms with Gasteiger partial charge in [0, 0.05) is 41.7 Å². The van der Waals surface area contributed by atoms with Crippen LogP contribution in [0.1, 0.15) is 39.3 Å². The Balaban J connectivity index is 0.00000225. The highest BCUT2D eigenvalue weighted by Crippen LogP contribution is 2.51. The van der Waals surface area contributed by atoms with Crippen molar-refractivity contribution in [3.05, 3.63) is 35.4 Å². The number of likely N-dealkylation sites (tertiary alicyclic amines) is 1. The highest BCUT2D eigenvalue weighted by Gasteiger charge is 2.52. The van der Waals surface area contributed by atoms with E-state index in [-0.39, 0.29) is 24.2 Å². The molecule has 0 unspecified atom stereocenters. The van der Waals surface area contributed by atoms with Crippen molar-refractivity contribution in [1.29, 1.82) is 0 Å². The number of carbonyl (C=O) groups excluding carboxylic acids is 1. The molecule has 2 aliphatic rings. The lowest BCUT2D eigenvalue weighted by Crippen LogP contribution is -2.58. The molecule has 22 heavy (non-hydrogen) atoms. The van der Waals surface area contributed by atoms with E-state index in [1.807, 2.05) is 18.2 Å². The number of nitrogens with two attached hydrogens (primary N) is 1. The Bertz CT molecular complexity index is 625. The second kappa shape index (κ2) is 6.57. The van der Waals surface area contributed by atoms with E-state index in [2.05, 4.69) is 0 Å². The molecule has 1 aromatic carbocycles. The van der Waals surface area contributed by atoms with Gasteiger partial charge in [0.2, 0.25) is 5.91 Å². The van der Waals surface area contributed by atoms with Gasteiger partial charge in [-0.2, -0.15) is 0 Å². The van der Waals surface area contributed by atoms with Crippen LogP contribution < -0.4 is 5.73 Å². The van der Waals surface area contributed by atoms with E-state index in [1.54, 1.807) is 18.1 Å². The van der Waals surface area contributed by atoms with Gasteiger partial charge in [0.25, 0.3) is 0 Å². The average molecular weight is 328 g/mol. The minimum absolute atomic E-state index is 0. The number of hydrogen-bond acceptors (Lipinski definition) is 3. The average Bonchev–Trinajstić information content (AvgIpc) is 2.52. The summed E-state index contributed by atoms with van der Waals surface area (Å²) in [5, 5.41) is 0. The van der Waals surface area contributed by atoms with Crippen LogP contribution in [0.5, 0.6) is 0 Å². The predicted molar refractivity (Wildman–Crippen MR) is 89.2 cm³/mol. The van der Waals surface area contributed by atoms with Crippen molar-refractivity contribution >= 4 is 18.3 Å². The number of ether oxygens (including phenoxy) is 1. The molecule has 4 nitrogen and oxygen atoms in total. The molecule has 0 aromatic heterocycles. The van der Waals surface area contributed by atoms with Crippen LogP contribution in [0.3, 0.4) is 0 Å². The van der Waals surface area contributed by atoms with E-state index in [0.29, 0.717) is 18.7 Å². The van der Waals surface area contributed by atoms with Crippen LogP contribution in [-0.4, -0.2) is 38.0 Å². The zero-order valence-corrected chi connectivity index (χ0v) is 13.6. The summed E-state index contributed by atoms with van der Waals surface area (Å²) in [5.74, 6) is -0.301. The normalized spacial score (nSPS) is 34.0. The zero-order valence-electron chi connectivity index (χ0n) is 15.7. The third kappa shape index (κ3) is 2.64. The fourth-order valence-electron chi connectivity index (χ4n) is 4.27. The Morgan fingerprint density at radius 3 is 2.64 bits per heavy atom. The van der Waals surface area contributed by atoms with Crippen LogP contribution in [0.15, 0.2) is 24.3 Å². The van der Waals surface area contributed by atoms with Gasteiger partial charge >= 0.3 is 0 Å². The predicted octanol–water partition coefficient (Wildman–Crippen LogP) is 2.41.